The van der Waals surface area contributed by atoms with Crippen molar-refractivity contribution in [1.29, 1.82) is 0 Å². The van der Waals surface area contributed by atoms with Crippen LogP contribution in [-0.2, 0) is 0 Å². The number of methoxy groups -OCH3 is 1. The average molecular weight is 442 g/mol. The van der Waals surface area contributed by atoms with E-state index < -0.39 is 0 Å². The smallest absolute Gasteiger partial charge is 0.164 e. The fraction of sp³-hybridized carbons (Fsp3) is 0.136. The lowest BCUT2D eigenvalue weighted by molar-refractivity contribution is 0.0982. The number of nitrogens with two attached hydrogens (primary N) is 1. The number of rotatable bonds is 7. The maximum atomic E-state index is 12.9. The first-order valence-electron chi connectivity index (χ1n) is 8.50. The van der Waals surface area contributed by atoms with Crippen molar-refractivity contribution in [3.8, 4) is 5.75 Å². The summed E-state index contributed by atoms with van der Waals surface area (Å²) in [7, 11) is 1.61. The van der Waals surface area contributed by atoms with Crippen molar-refractivity contribution in [3.63, 3.8) is 0 Å². The van der Waals surface area contributed by atoms with Gasteiger partial charge in [0.1, 0.15) is 5.75 Å². The molecule has 3 aromatic rings. The maximum absolute atomic E-state index is 12.9. The number of nitrogen functional groups attached to an aromatic ring is 1. The van der Waals surface area contributed by atoms with Crippen molar-refractivity contribution in [2.75, 3.05) is 12.8 Å². The van der Waals surface area contributed by atoms with E-state index in [0.717, 1.165) is 26.4 Å². The second-order valence-corrected chi connectivity index (χ2v) is 8.22. The minimum Gasteiger partial charge on any atom is -0.497 e. The molecule has 1 atom stereocenters. The third kappa shape index (κ3) is 5.15. The number of ether oxygens (including phenoxy) is 1. The highest BCUT2D eigenvalue weighted by Crippen LogP contribution is 2.41. The Bertz CT molecular complexity index is 928. The van der Waals surface area contributed by atoms with E-state index in [9.17, 15) is 4.79 Å². The predicted molar refractivity (Wildman–Crippen MR) is 116 cm³/mol. The summed E-state index contributed by atoms with van der Waals surface area (Å²) in [5.74, 6) is 0.825. The number of ketones is 1. The van der Waals surface area contributed by atoms with Crippen LogP contribution in [-0.4, -0.2) is 12.9 Å². The quantitative estimate of drug-likeness (QED) is 0.271. The Labute approximate surface area is 172 Å². The lowest BCUT2D eigenvalue weighted by Crippen LogP contribution is -2.06. The Hall–Kier alpha value is -2.24. The molecule has 0 spiro atoms. The van der Waals surface area contributed by atoms with E-state index in [2.05, 4.69) is 22.0 Å². The van der Waals surface area contributed by atoms with Gasteiger partial charge in [0.15, 0.2) is 5.78 Å². The molecule has 3 aromatic carbocycles. The third-order valence-corrected chi connectivity index (χ3v) is 6.03. The van der Waals surface area contributed by atoms with E-state index in [4.69, 9.17) is 10.5 Å². The van der Waals surface area contributed by atoms with Crippen molar-refractivity contribution in [2.24, 2.45) is 0 Å². The first-order valence-corrected chi connectivity index (χ1v) is 10.2. The summed E-state index contributed by atoms with van der Waals surface area (Å²) in [4.78, 5) is 13.9. The van der Waals surface area contributed by atoms with Crippen LogP contribution in [0.3, 0.4) is 0 Å². The Morgan fingerprint density at radius 3 is 2.48 bits per heavy atom. The van der Waals surface area contributed by atoms with Crippen LogP contribution in [0.15, 0.2) is 82.2 Å². The van der Waals surface area contributed by atoms with Gasteiger partial charge in [0.25, 0.3) is 0 Å². The van der Waals surface area contributed by atoms with Gasteiger partial charge in [-0.3, -0.25) is 4.79 Å². The van der Waals surface area contributed by atoms with Crippen LogP contribution in [0.1, 0.15) is 27.6 Å². The molecule has 5 heteroatoms. The molecule has 0 radical (unpaired) electrons. The number of halogens is 1. The van der Waals surface area contributed by atoms with E-state index in [-0.39, 0.29) is 11.0 Å². The number of hydrogen-bond acceptors (Lipinski definition) is 4. The summed E-state index contributed by atoms with van der Waals surface area (Å²) in [5.41, 5.74) is 8.60. The maximum Gasteiger partial charge on any atom is 0.164 e. The second-order valence-electron chi connectivity index (χ2n) is 6.06. The summed E-state index contributed by atoms with van der Waals surface area (Å²) < 4.78 is 6.16. The summed E-state index contributed by atoms with van der Waals surface area (Å²) >= 11 is 5.14. The van der Waals surface area contributed by atoms with E-state index >= 15 is 0 Å². The monoisotopic (exact) mass is 441 g/mol. The molecule has 0 aliphatic rings. The number of carbonyl (C=O) groups is 1. The third-order valence-electron chi connectivity index (χ3n) is 4.19. The van der Waals surface area contributed by atoms with Crippen LogP contribution in [0.4, 0.5) is 5.69 Å². The van der Waals surface area contributed by atoms with E-state index in [1.54, 1.807) is 31.0 Å². The number of Topliss-reactive ketones (excluding diaryl/α,β-unsaturated/α-hetero) is 1. The average Bonchev–Trinajstić information content (AvgIpc) is 2.69. The van der Waals surface area contributed by atoms with E-state index in [0.29, 0.717) is 12.0 Å². The van der Waals surface area contributed by atoms with Gasteiger partial charge in [0.05, 0.1) is 7.11 Å². The largest absolute Gasteiger partial charge is 0.497 e. The van der Waals surface area contributed by atoms with Crippen LogP contribution < -0.4 is 10.5 Å². The molecule has 27 heavy (non-hydrogen) atoms. The number of carbonyl (C=O) groups excluding carboxylic acids is 1. The van der Waals surface area contributed by atoms with Gasteiger partial charge in [-0.2, -0.15) is 0 Å². The number of thioether (sulfide) groups is 1. The van der Waals surface area contributed by atoms with Gasteiger partial charge >= 0.3 is 0 Å². The fourth-order valence-corrected chi connectivity index (χ4v) is 4.34. The summed E-state index contributed by atoms with van der Waals surface area (Å²) in [6.07, 6.45) is 0.377. The number of benzene rings is 3. The van der Waals surface area contributed by atoms with Crippen molar-refractivity contribution in [3.05, 3.63) is 88.4 Å². The van der Waals surface area contributed by atoms with Gasteiger partial charge < -0.3 is 10.5 Å². The molecule has 0 heterocycles. The Morgan fingerprint density at radius 1 is 1.07 bits per heavy atom. The zero-order valence-corrected chi connectivity index (χ0v) is 17.3. The van der Waals surface area contributed by atoms with E-state index in [1.165, 1.54) is 0 Å². The van der Waals surface area contributed by atoms with Crippen LogP contribution >= 0.6 is 27.7 Å². The Kier molecular flexibility index (Phi) is 6.58. The highest BCUT2D eigenvalue weighted by Gasteiger charge is 2.20. The molecule has 0 aliphatic carbocycles. The first-order chi connectivity index (χ1) is 13.1. The molecule has 0 bridgehead atoms. The minimum absolute atomic E-state index is 0.0400. The minimum atomic E-state index is -0.0400. The molecule has 3 nitrogen and oxygen atoms in total. The number of para-hydroxylation sites is 1. The molecule has 0 aromatic heterocycles. The first kappa shape index (κ1) is 19.5. The van der Waals surface area contributed by atoms with Crippen molar-refractivity contribution >= 4 is 39.2 Å². The van der Waals surface area contributed by atoms with Crippen molar-refractivity contribution < 1.29 is 9.53 Å². The van der Waals surface area contributed by atoms with Crippen LogP contribution in [0, 0.1) is 0 Å². The zero-order valence-electron chi connectivity index (χ0n) is 14.9. The molecule has 0 unspecified atom stereocenters. The van der Waals surface area contributed by atoms with Gasteiger partial charge in [-0.05, 0) is 54.1 Å². The molecule has 2 N–H and O–H groups in total. The highest BCUT2D eigenvalue weighted by atomic mass is 79.9. The van der Waals surface area contributed by atoms with Crippen LogP contribution in [0.2, 0.25) is 0 Å². The SMILES string of the molecule is COc1ccc(C(=O)C[C@@H](Sc2ccccc2N)c2cccc(Br)c2)cc1. The normalized spacial score (nSPS) is 11.8. The molecule has 0 amide bonds. The Balaban J connectivity index is 1.87. The highest BCUT2D eigenvalue weighted by molar-refractivity contribution is 9.10. The summed E-state index contributed by atoms with van der Waals surface area (Å²) in [6.45, 7) is 0. The molecule has 138 valence electrons. The molecule has 0 fully saturated rings. The van der Waals surface area contributed by atoms with Gasteiger partial charge in [-0.25, -0.2) is 0 Å². The molecule has 3 rings (SSSR count). The van der Waals surface area contributed by atoms with Crippen molar-refractivity contribution in [2.45, 2.75) is 16.6 Å². The summed E-state index contributed by atoms with van der Waals surface area (Å²) in [5, 5.41) is -0.0400. The van der Waals surface area contributed by atoms with Crippen LogP contribution in [0.5, 0.6) is 5.75 Å². The molecular weight excluding hydrogens is 422 g/mol. The standard InChI is InChI=1S/C22H20BrNO2S/c1-26-18-11-9-15(10-12-18)20(25)14-22(16-5-4-6-17(23)13-16)27-21-8-3-2-7-19(21)24/h2-13,22H,14,24H2,1H3/t22-/m1/s1. The van der Waals surface area contributed by atoms with Crippen molar-refractivity contribution in [1.82, 2.24) is 0 Å². The van der Waals surface area contributed by atoms with Gasteiger partial charge in [-0.1, -0.05) is 40.2 Å². The lowest BCUT2D eigenvalue weighted by Gasteiger charge is -2.18. The predicted octanol–water partition coefficient (Wildman–Crippen LogP) is 6.15. The molecule has 0 aliphatic heterocycles. The summed E-state index contributed by atoms with van der Waals surface area (Å²) in [6, 6.07) is 23.0. The van der Waals surface area contributed by atoms with Gasteiger partial charge in [-0.15, -0.1) is 11.8 Å². The second kappa shape index (κ2) is 9.11. The molecule has 0 saturated carbocycles. The zero-order chi connectivity index (χ0) is 19.2. The fourth-order valence-electron chi connectivity index (χ4n) is 2.74. The van der Waals surface area contributed by atoms with E-state index in [1.807, 2.05) is 54.6 Å². The van der Waals surface area contributed by atoms with Gasteiger partial charge in [0.2, 0.25) is 0 Å². The number of hydrogen-bond donors (Lipinski definition) is 1. The lowest BCUT2D eigenvalue weighted by atomic mass is 10.0. The van der Waals surface area contributed by atoms with Gasteiger partial charge in [0, 0.05) is 32.3 Å². The molecular formula is C22H20BrNO2S. The Morgan fingerprint density at radius 2 is 1.81 bits per heavy atom. The van der Waals surface area contributed by atoms with Crippen LogP contribution in [0.25, 0.3) is 0 Å². The molecule has 0 saturated heterocycles. The number of anilines is 1. The topological polar surface area (TPSA) is 52.3 Å².